The number of rotatable bonds is 4. The number of hydrogen-bond acceptors (Lipinski definition) is 4. The number of guanidine groups is 1. The maximum absolute atomic E-state index is 5.47. The zero-order chi connectivity index (χ0) is 17.8. The van der Waals surface area contributed by atoms with Gasteiger partial charge in [0.1, 0.15) is 0 Å². The molecule has 2 aliphatic heterocycles. The SMILES string of the molecule is CN=C(NCc1cc(Br)c2c(c1)OCO2)NC1CCN(C(C)C)CC1. The van der Waals surface area contributed by atoms with Crippen molar-refractivity contribution in [1.82, 2.24) is 15.5 Å². The number of fused-ring (bicyclic) bond motifs is 1. The van der Waals surface area contributed by atoms with Gasteiger partial charge in [0.2, 0.25) is 6.79 Å². The van der Waals surface area contributed by atoms with E-state index in [2.05, 4.69) is 56.4 Å². The number of aliphatic imine (C=N–C) groups is 1. The summed E-state index contributed by atoms with van der Waals surface area (Å²) in [5.74, 6) is 2.41. The summed E-state index contributed by atoms with van der Waals surface area (Å²) >= 11 is 3.54. The number of nitrogens with zero attached hydrogens (tertiary/aromatic N) is 2. The lowest BCUT2D eigenvalue weighted by molar-refractivity contribution is 0.167. The fourth-order valence-electron chi connectivity index (χ4n) is 3.26. The minimum Gasteiger partial charge on any atom is -0.454 e. The van der Waals surface area contributed by atoms with Gasteiger partial charge in [0, 0.05) is 38.8 Å². The third-order valence-electron chi connectivity index (χ3n) is 4.77. The molecule has 0 radical (unpaired) electrons. The zero-order valence-electron chi connectivity index (χ0n) is 15.1. The van der Waals surface area contributed by atoms with Crippen molar-refractivity contribution in [2.24, 2.45) is 4.99 Å². The molecule has 6 nitrogen and oxygen atoms in total. The van der Waals surface area contributed by atoms with Crippen molar-refractivity contribution in [3.63, 3.8) is 0 Å². The molecule has 7 heteroatoms. The van der Waals surface area contributed by atoms with E-state index < -0.39 is 0 Å². The molecule has 1 fully saturated rings. The van der Waals surface area contributed by atoms with E-state index in [1.54, 1.807) is 0 Å². The molecule has 1 aromatic carbocycles. The molecule has 0 atom stereocenters. The summed E-state index contributed by atoms with van der Waals surface area (Å²) in [6.45, 7) is 7.77. The molecule has 3 rings (SSSR count). The predicted octanol–water partition coefficient (Wildman–Crippen LogP) is 2.72. The quantitative estimate of drug-likeness (QED) is 0.590. The van der Waals surface area contributed by atoms with Crippen LogP contribution in [0.5, 0.6) is 11.5 Å². The van der Waals surface area contributed by atoms with Crippen molar-refractivity contribution in [2.45, 2.75) is 45.3 Å². The number of hydrogen-bond donors (Lipinski definition) is 2. The Bertz CT molecular complexity index is 628. The van der Waals surface area contributed by atoms with E-state index in [-0.39, 0.29) is 6.79 Å². The molecule has 138 valence electrons. The van der Waals surface area contributed by atoms with Gasteiger partial charge >= 0.3 is 0 Å². The molecule has 25 heavy (non-hydrogen) atoms. The van der Waals surface area contributed by atoms with Crippen LogP contribution >= 0.6 is 15.9 Å². The first-order chi connectivity index (χ1) is 12.1. The Labute approximate surface area is 158 Å². The van der Waals surface area contributed by atoms with Crippen LogP contribution in [-0.2, 0) is 6.54 Å². The minimum absolute atomic E-state index is 0.281. The minimum atomic E-state index is 0.281. The van der Waals surface area contributed by atoms with Crippen molar-refractivity contribution in [3.05, 3.63) is 22.2 Å². The van der Waals surface area contributed by atoms with Gasteiger partial charge in [0.15, 0.2) is 17.5 Å². The monoisotopic (exact) mass is 410 g/mol. The summed E-state index contributed by atoms with van der Waals surface area (Å²) in [5.41, 5.74) is 1.12. The second-order valence-corrected chi connectivity index (χ2v) is 7.64. The first kappa shape index (κ1) is 18.3. The van der Waals surface area contributed by atoms with Gasteiger partial charge in [-0.1, -0.05) is 0 Å². The largest absolute Gasteiger partial charge is 0.454 e. The average molecular weight is 411 g/mol. The molecule has 2 aliphatic rings. The first-order valence-electron chi connectivity index (χ1n) is 8.86. The van der Waals surface area contributed by atoms with Gasteiger partial charge in [-0.15, -0.1) is 0 Å². The Morgan fingerprint density at radius 2 is 2.08 bits per heavy atom. The first-order valence-corrected chi connectivity index (χ1v) is 9.65. The third-order valence-corrected chi connectivity index (χ3v) is 5.36. The van der Waals surface area contributed by atoms with Gasteiger partial charge in [-0.2, -0.15) is 0 Å². The van der Waals surface area contributed by atoms with Gasteiger partial charge in [0.25, 0.3) is 0 Å². The number of ether oxygens (including phenoxy) is 2. The highest BCUT2D eigenvalue weighted by atomic mass is 79.9. The Balaban J connectivity index is 1.51. The lowest BCUT2D eigenvalue weighted by Gasteiger charge is -2.35. The molecule has 0 amide bonds. The van der Waals surface area contributed by atoms with Gasteiger partial charge in [-0.25, -0.2) is 0 Å². The van der Waals surface area contributed by atoms with Crippen LogP contribution in [0.3, 0.4) is 0 Å². The number of halogens is 1. The molecule has 0 bridgehead atoms. The molecular weight excluding hydrogens is 384 g/mol. The lowest BCUT2D eigenvalue weighted by atomic mass is 10.0. The second kappa shape index (κ2) is 8.27. The fraction of sp³-hybridized carbons (Fsp3) is 0.611. The molecule has 1 saturated heterocycles. The molecule has 2 heterocycles. The molecule has 0 aromatic heterocycles. The van der Waals surface area contributed by atoms with Crippen LogP contribution in [0.1, 0.15) is 32.3 Å². The molecule has 0 aliphatic carbocycles. The number of likely N-dealkylation sites (tertiary alicyclic amines) is 1. The Kier molecular flexibility index (Phi) is 6.06. The van der Waals surface area contributed by atoms with Crippen LogP contribution in [0.25, 0.3) is 0 Å². The maximum atomic E-state index is 5.47. The molecular formula is C18H27BrN4O2. The van der Waals surface area contributed by atoms with Crippen LogP contribution in [0.2, 0.25) is 0 Å². The summed E-state index contributed by atoms with van der Waals surface area (Å²) in [7, 11) is 1.81. The number of piperidine rings is 1. The van der Waals surface area contributed by atoms with Crippen molar-refractivity contribution >= 4 is 21.9 Å². The van der Waals surface area contributed by atoms with E-state index in [9.17, 15) is 0 Å². The van der Waals surface area contributed by atoms with Crippen molar-refractivity contribution < 1.29 is 9.47 Å². The van der Waals surface area contributed by atoms with E-state index in [0.717, 1.165) is 53.4 Å². The van der Waals surface area contributed by atoms with Gasteiger partial charge in [-0.3, -0.25) is 4.99 Å². The topological polar surface area (TPSA) is 58.1 Å². The van der Waals surface area contributed by atoms with E-state index >= 15 is 0 Å². The van der Waals surface area contributed by atoms with E-state index in [1.165, 1.54) is 0 Å². The zero-order valence-corrected chi connectivity index (χ0v) is 16.7. The van der Waals surface area contributed by atoms with Crippen molar-refractivity contribution in [2.75, 3.05) is 26.9 Å². The van der Waals surface area contributed by atoms with Crippen molar-refractivity contribution in [3.8, 4) is 11.5 Å². The van der Waals surface area contributed by atoms with E-state index in [0.29, 0.717) is 18.6 Å². The summed E-state index contributed by atoms with van der Waals surface area (Å²) in [5, 5.41) is 6.94. The van der Waals surface area contributed by atoms with Gasteiger partial charge in [0.05, 0.1) is 4.47 Å². The number of benzene rings is 1. The van der Waals surface area contributed by atoms with Crippen LogP contribution in [0.15, 0.2) is 21.6 Å². The normalized spacial score (nSPS) is 18.7. The summed E-state index contributed by atoms with van der Waals surface area (Å²) < 4.78 is 11.8. The van der Waals surface area contributed by atoms with Crippen LogP contribution in [-0.4, -0.2) is 49.9 Å². The Hall–Kier alpha value is -1.47. The maximum Gasteiger partial charge on any atom is 0.231 e. The van der Waals surface area contributed by atoms with Crippen molar-refractivity contribution in [1.29, 1.82) is 0 Å². The Morgan fingerprint density at radius 1 is 1.32 bits per heavy atom. The van der Waals surface area contributed by atoms with E-state index in [1.807, 2.05) is 13.1 Å². The Morgan fingerprint density at radius 3 is 2.76 bits per heavy atom. The summed E-state index contributed by atoms with van der Waals surface area (Å²) in [6.07, 6.45) is 2.29. The highest BCUT2D eigenvalue weighted by Crippen LogP contribution is 2.39. The van der Waals surface area contributed by atoms with Gasteiger partial charge in [-0.05, 0) is 60.3 Å². The molecule has 2 N–H and O–H groups in total. The predicted molar refractivity (Wildman–Crippen MR) is 103 cm³/mol. The molecule has 0 spiro atoms. The van der Waals surface area contributed by atoms with E-state index in [4.69, 9.17) is 9.47 Å². The second-order valence-electron chi connectivity index (χ2n) is 6.79. The standard InChI is InChI=1S/C18H27BrN4O2/c1-12(2)23-6-4-14(5-7-23)22-18(20-3)21-10-13-8-15(19)17-16(9-13)24-11-25-17/h8-9,12,14H,4-7,10-11H2,1-3H3,(H2,20,21,22). The third kappa shape index (κ3) is 4.58. The molecule has 0 saturated carbocycles. The van der Waals surface area contributed by atoms with Crippen LogP contribution < -0.4 is 20.1 Å². The highest BCUT2D eigenvalue weighted by Gasteiger charge is 2.22. The summed E-state index contributed by atoms with van der Waals surface area (Å²) in [4.78, 5) is 6.89. The van der Waals surface area contributed by atoms with Crippen LogP contribution in [0, 0.1) is 0 Å². The average Bonchev–Trinajstić information content (AvgIpc) is 3.08. The lowest BCUT2D eigenvalue weighted by Crippen LogP contribution is -2.49. The fourth-order valence-corrected chi connectivity index (χ4v) is 3.86. The van der Waals surface area contributed by atoms with Gasteiger partial charge < -0.3 is 25.0 Å². The van der Waals surface area contributed by atoms with Crippen LogP contribution in [0.4, 0.5) is 0 Å². The molecule has 0 unspecified atom stereocenters. The molecule has 1 aromatic rings. The smallest absolute Gasteiger partial charge is 0.231 e. The highest BCUT2D eigenvalue weighted by molar-refractivity contribution is 9.10. The summed E-state index contributed by atoms with van der Waals surface area (Å²) in [6, 6.07) is 5.16. The number of nitrogens with one attached hydrogen (secondary N) is 2.